The quantitative estimate of drug-likeness (QED) is 0.803. The van der Waals surface area contributed by atoms with Gasteiger partial charge in [-0.3, -0.25) is 0 Å². The lowest BCUT2D eigenvalue weighted by Gasteiger charge is -2.23. The SMILES string of the molecule is O=S1(=O)CCC(C(CCl)CC2Cc3ccccc3O2)C1. The molecule has 3 atom stereocenters. The van der Waals surface area contributed by atoms with Gasteiger partial charge in [0, 0.05) is 12.3 Å². The van der Waals surface area contributed by atoms with Gasteiger partial charge in [0.15, 0.2) is 9.84 Å². The molecule has 2 heterocycles. The zero-order valence-corrected chi connectivity index (χ0v) is 12.9. The largest absolute Gasteiger partial charge is 0.490 e. The lowest BCUT2D eigenvalue weighted by Crippen LogP contribution is -2.25. The van der Waals surface area contributed by atoms with E-state index in [1.807, 2.05) is 18.2 Å². The van der Waals surface area contributed by atoms with Crippen LogP contribution in [0.4, 0.5) is 0 Å². The van der Waals surface area contributed by atoms with Crippen molar-refractivity contribution < 1.29 is 13.2 Å². The monoisotopic (exact) mass is 314 g/mol. The van der Waals surface area contributed by atoms with Crippen molar-refractivity contribution in [3.05, 3.63) is 29.8 Å². The van der Waals surface area contributed by atoms with E-state index in [2.05, 4.69) is 6.07 Å². The Morgan fingerprint density at radius 1 is 1.35 bits per heavy atom. The molecule has 0 saturated carbocycles. The fraction of sp³-hybridized carbons (Fsp3) is 0.600. The molecule has 1 aromatic rings. The smallest absolute Gasteiger partial charge is 0.150 e. The summed E-state index contributed by atoms with van der Waals surface area (Å²) in [5.41, 5.74) is 1.24. The van der Waals surface area contributed by atoms with Crippen molar-refractivity contribution in [3.63, 3.8) is 0 Å². The van der Waals surface area contributed by atoms with Gasteiger partial charge in [0.25, 0.3) is 0 Å². The van der Waals surface area contributed by atoms with Crippen LogP contribution in [0.5, 0.6) is 5.75 Å². The van der Waals surface area contributed by atoms with E-state index in [0.29, 0.717) is 17.4 Å². The van der Waals surface area contributed by atoms with Crippen LogP contribution in [0.15, 0.2) is 24.3 Å². The van der Waals surface area contributed by atoms with Gasteiger partial charge in [-0.15, -0.1) is 11.6 Å². The number of hydrogen-bond donors (Lipinski definition) is 0. The number of para-hydroxylation sites is 1. The number of ether oxygens (including phenoxy) is 1. The predicted octanol–water partition coefficient (Wildman–Crippen LogP) is 2.67. The van der Waals surface area contributed by atoms with E-state index in [-0.39, 0.29) is 17.9 Å². The molecule has 5 heteroatoms. The molecule has 20 heavy (non-hydrogen) atoms. The fourth-order valence-electron chi connectivity index (χ4n) is 3.30. The number of rotatable bonds is 4. The van der Waals surface area contributed by atoms with Gasteiger partial charge in [-0.1, -0.05) is 18.2 Å². The minimum Gasteiger partial charge on any atom is -0.490 e. The molecule has 0 aromatic heterocycles. The number of benzene rings is 1. The number of fused-ring (bicyclic) bond motifs is 1. The van der Waals surface area contributed by atoms with Gasteiger partial charge >= 0.3 is 0 Å². The minimum atomic E-state index is -2.84. The Bertz CT molecular complexity index is 560. The second-order valence-electron chi connectivity index (χ2n) is 5.86. The van der Waals surface area contributed by atoms with Crippen LogP contribution in [0, 0.1) is 11.8 Å². The molecular formula is C15H19ClO3S. The first kappa shape index (κ1) is 14.2. The second kappa shape index (κ2) is 5.57. The molecule has 1 saturated heterocycles. The van der Waals surface area contributed by atoms with Crippen molar-refractivity contribution in [1.82, 2.24) is 0 Å². The average Bonchev–Trinajstić information content (AvgIpc) is 2.98. The molecule has 1 aromatic carbocycles. The molecule has 0 N–H and O–H groups in total. The molecular weight excluding hydrogens is 296 g/mol. The van der Waals surface area contributed by atoms with Crippen molar-refractivity contribution in [2.75, 3.05) is 17.4 Å². The summed E-state index contributed by atoms with van der Waals surface area (Å²) in [6.07, 6.45) is 2.64. The topological polar surface area (TPSA) is 43.4 Å². The van der Waals surface area contributed by atoms with Gasteiger partial charge in [-0.05, 0) is 36.3 Å². The molecule has 0 bridgehead atoms. The molecule has 3 unspecified atom stereocenters. The lowest BCUT2D eigenvalue weighted by molar-refractivity contribution is 0.180. The van der Waals surface area contributed by atoms with E-state index >= 15 is 0 Å². The van der Waals surface area contributed by atoms with Gasteiger partial charge in [-0.2, -0.15) is 0 Å². The summed E-state index contributed by atoms with van der Waals surface area (Å²) < 4.78 is 29.1. The molecule has 0 spiro atoms. The van der Waals surface area contributed by atoms with Gasteiger partial charge in [0.1, 0.15) is 11.9 Å². The summed E-state index contributed by atoms with van der Waals surface area (Å²) in [6.45, 7) is 0. The van der Waals surface area contributed by atoms with Crippen molar-refractivity contribution in [2.45, 2.75) is 25.4 Å². The van der Waals surface area contributed by atoms with Crippen LogP contribution in [0.25, 0.3) is 0 Å². The second-order valence-corrected chi connectivity index (χ2v) is 8.40. The van der Waals surface area contributed by atoms with Crippen LogP contribution in [-0.4, -0.2) is 31.9 Å². The van der Waals surface area contributed by atoms with E-state index < -0.39 is 9.84 Å². The highest BCUT2D eigenvalue weighted by atomic mass is 35.5. The first-order valence-electron chi connectivity index (χ1n) is 7.08. The van der Waals surface area contributed by atoms with Crippen LogP contribution in [0.2, 0.25) is 0 Å². The Balaban J connectivity index is 1.63. The molecule has 2 aliphatic rings. The molecule has 1 fully saturated rings. The number of hydrogen-bond acceptors (Lipinski definition) is 3. The number of alkyl halides is 1. The predicted molar refractivity (Wildman–Crippen MR) is 80.1 cm³/mol. The highest BCUT2D eigenvalue weighted by molar-refractivity contribution is 7.91. The average molecular weight is 315 g/mol. The summed E-state index contributed by atoms with van der Waals surface area (Å²) in [7, 11) is -2.84. The standard InChI is InChI=1S/C15H19ClO3S/c16-9-13(12-5-6-20(17,18)10-12)8-14-7-11-3-1-2-4-15(11)19-14/h1-4,12-14H,5-10H2. The van der Waals surface area contributed by atoms with E-state index in [4.69, 9.17) is 16.3 Å². The number of halogens is 1. The highest BCUT2D eigenvalue weighted by Gasteiger charge is 2.35. The first-order chi connectivity index (χ1) is 9.57. The fourth-order valence-corrected chi connectivity index (χ4v) is 5.60. The Labute approximate surface area is 125 Å². The van der Waals surface area contributed by atoms with Crippen molar-refractivity contribution in [1.29, 1.82) is 0 Å². The third-order valence-corrected chi connectivity index (χ3v) is 6.60. The van der Waals surface area contributed by atoms with Crippen molar-refractivity contribution >= 4 is 21.4 Å². The highest BCUT2D eigenvalue weighted by Crippen LogP contribution is 2.35. The molecule has 110 valence electrons. The van der Waals surface area contributed by atoms with Crippen molar-refractivity contribution in [3.8, 4) is 5.75 Å². The van der Waals surface area contributed by atoms with Crippen LogP contribution >= 0.6 is 11.6 Å². The van der Waals surface area contributed by atoms with Crippen LogP contribution in [-0.2, 0) is 16.3 Å². The molecule has 2 aliphatic heterocycles. The normalized spacial score (nSPS) is 28.9. The summed E-state index contributed by atoms with van der Waals surface area (Å²) in [6, 6.07) is 8.08. The lowest BCUT2D eigenvalue weighted by atomic mass is 9.87. The van der Waals surface area contributed by atoms with E-state index in [1.165, 1.54) is 5.56 Å². The summed E-state index contributed by atoms with van der Waals surface area (Å²) in [5, 5.41) is 0. The maximum atomic E-state index is 11.6. The van der Waals surface area contributed by atoms with Gasteiger partial charge < -0.3 is 4.74 Å². The Morgan fingerprint density at radius 3 is 2.80 bits per heavy atom. The Kier molecular flexibility index (Phi) is 3.95. The molecule has 0 radical (unpaired) electrons. The van der Waals surface area contributed by atoms with Gasteiger partial charge in [0.2, 0.25) is 0 Å². The minimum absolute atomic E-state index is 0.138. The van der Waals surface area contributed by atoms with E-state index in [1.54, 1.807) is 0 Å². The first-order valence-corrected chi connectivity index (χ1v) is 9.44. The third kappa shape index (κ3) is 2.96. The van der Waals surface area contributed by atoms with E-state index in [9.17, 15) is 8.42 Å². The molecule has 0 aliphatic carbocycles. The third-order valence-electron chi connectivity index (χ3n) is 4.41. The van der Waals surface area contributed by atoms with Crippen LogP contribution < -0.4 is 4.74 Å². The van der Waals surface area contributed by atoms with Gasteiger partial charge in [0.05, 0.1) is 11.5 Å². The van der Waals surface area contributed by atoms with Crippen LogP contribution in [0.1, 0.15) is 18.4 Å². The summed E-state index contributed by atoms with van der Waals surface area (Å²) in [4.78, 5) is 0. The summed E-state index contributed by atoms with van der Waals surface area (Å²) >= 11 is 6.08. The zero-order chi connectivity index (χ0) is 14.2. The molecule has 0 amide bonds. The summed E-state index contributed by atoms with van der Waals surface area (Å²) in [5.74, 6) is 2.51. The molecule has 3 nitrogen and oxygen atoms in total. The Morgan fingerprint density at radius 2 is 2.15 bits per heavy atom. The maximum absolute atomic E-state index is 11.6. The maximum Gasteiger partial charge on any atom is 0.150 e. The Hall–Kier alpha value is -0.740. The van der Waals surface area contributed by atoms with Gasteiger partial charge in [-0.25, -0.2) is 8.42 Å². The van der Waals surface area contributed by atoms with Crippen molar-refractivity contribution in [2.24, 2.45) is 11.8 Å². The zero-order valence-electron chi connectivity index (χ0n) is 11.3. The molecule has 3 rings (SSSR count). The number of sulfone groups is 1. The van der Waals surface area contributed by atoms with E-state index in [0.717, 1.165) is 25.0 Å². The van der Waals surface area contributed by atoms with Crippen LogP contribution in [0.3, 0.4) is 0 Å².